The van der Waals surface area contributed by atoms with Crippen LogP contribution in [0, 0.1) is 11.8 Å². The highest BCUT2D eigenvalue weighted by molar-refractivity contribution is 5.81. The first-order valence-corrected chi connectivity index (χ1v) is 6.17. The van der Waals surface area contributed by atoms with Gasteiger partial charge in [0.1, 0.15) is 5.78 Å². The zero-order valence-electron chi connectivity index (χ0n) is 9.86. The van der Waals surface area contributed by atoms with Crippen molar-refractivity contribution in [1.82, 2.24) is 4.98 Å². The van der Waals surface area contributed by atoms with E-state index in [-0.39, 0.29) is 0 Å². The van der Waals surface area contributed by atoms with Crippen LogP contribution in [0.5, 0.6) is 0 Å². The molecule has 0 saturated heterocycles. The first kappa shape index (κ1) is 11.3. The van der Waals surface area contributed by atoms with Crippen LogP contribution < -0.4 is 0 Å². The zero-order valence-corrected chi connectivity index (χ0v) is 9.86. The molecule has 1 fully saturated rings. The molecule has 0 aliphatic heterocycles. The molecule has 0 radical (unpaired) electrons. The highest BCUT2D eigenvalue weighted by atomic mass is 16.1. The fourth-order valence-corrected chi connectivity index (χ4v) is 2.50. The standard InChI is InChI=1S/C14H19NO/c1-11-2-5-14(16)13(10-11)4-3-12-6-8-15-9-7-12/h6-9,11,13H,2-5,10H2,1H3. The SMILES string of the molecule is CC1CCC(=O)C(CCc2ccncc2)C1. The van der Waals surface area contributed by atoms with Crippen LogP contribution in [-0.2, 0) is 11.2 Å². The number of ketones is 1. The van der Waals surface area contributed by atoms with E-state index in [0.29, 0.717) is 11.7 Å². The lowest BCUT2D eigenvalue weighted by Crippen LogP contribution is -2.24. The topological polar surface area (TPSA) is 30.0 Å². The smallest absolute Gasteiger partial charge is 0.136 e. The summed E-state index contributed by atoms with van der Waals surface area (Å²) in [5.41, 5.74) is 1.29. The van der Waals surface area contributed by atoms with Gasteiger partial charge in [0.05, 0.1) is 0 Å². The normalized spacial score (nSPS) is 25.7. The van der Waals surface area contributed by atoms with Crippen LogP contribution in [0.15, 0.2) is 24.5 Å². The number of hydrogen-bond acceptors (Lipinski definition) is 2. The molecular formula is C14H19NO. The minimum atomic E-state index is 0.303. The Hall–Kier alpha value is -1.18. The molecule has 0 N–H and O–H groups in total. The Labute approximate surface area is 97.1 Å². The van der Waals surface area contributed by atoms with E-state index in [1.54, 1.807) is 0 Å². The van der Waals surface area contributed by atoms with E-state index < -0.39 is 0 Å². The molecule has 1 saturated carbocycles. The molecule has 0 spiro atoms. The van der Waals surface area contributed by atoms with Crippen molar-refractivity contribution in [3.05, 3.63) is 30.1 Å². The van der Waals surface area contributed by atoms with Gasteiger partial charge >= 0.3 is 0 Å². The van der Waals surface area contributed by atoms with Crippen molar-refractivity contribution in [3.63, 3.8) is 0 Å². The highest BCUT2D eigenvalue weighted by Gasteiger charge is 2.25. The van der Waals surface area contributed by atoms with Crippen LogP contribution in [0.4, 0.5) is 0 Å². The first-order valence-electron chi connectivity index (χ1n) is 6.17. The second-order valence-electron chi connectivity index (χ2n) is 4.94. The Morgan fingerprint density at radius 3 is 2.88 bits per heavy atom. The van der Waals surface area contributed by atoms with Crippen LogP contribution in [-0.4, -0.2) is 10.8 Å². The van der Waals surface area contributed by atoms with E-state index in [2.05, 4.69) is 11.9 Å². The summed E-state index contributed by atoms with van der Waals surface area (Å²) in [6, 6.07) is 4.08. The maximum atomic E-state index is 11.7. The molecular weight excluding hydrogens is 198 g/mol. The summed E-state index contributed by atoms with van der Waals surface area (Å²) < 4.78 is 0. The van der Waals surface area contributed by atoms with Crippen LogP contribution in [0.3, 0.4) is 0 Å². The number of rotatable bonds is 3. The molecule has 2 heteroatoms. The zero-order chi connectivity index (χ0) is 11.4. The van der Waals surface area contributed by atoms with Gasteiger partial charge in [0, 0.05) is 24.7 Å². The van der Waals surface area contributed by atoms with Gasteiger partial charge in [-0.1, -0.05) is 6.92 Å². The molecule has 2 atom stereocenters. The number of carbonyl (C=O) groups is 1. The van der Waals surface area contributed by atoms with Crippen LogP contribution in [0.2, 0.25) is 0 Å². The van der Waals surface area contributed by atoms with Gasteiger partial charge in [0.25, 0.3) is 0 Å². The predicted octanol–water partition coefficient (Wildman–Crippen LogP) is 3.02. The van der Waals surface area contributed by atoms with Gasteiger partial charge in [-0.15, -0.1) is 0 Å². The quantitative estimate of drug-likeness (QED) is 0.779. The number of pyridine rings is 1. The molecule has 16 heavy (non-hydrogen) atoms. The highest BCUT2D eigenvalue weighted by Crippen LogP contribution is 2.28. The van der Waals surface area contributed by atoms with Crippen LogP contribution in [0.1, 0.15) is 38.2 Å². The van der Waals surface area contributed by atoms with Crippen LogP contribution in [0.25, 0.3) is 0 Å². The summed E-state index contributed by atoms with van der Waals surface area (Å²) in [6.07, 6.45) is 8.62. The van der Waals surface area contributed by atoms with Crippen molar-refractivity contribution in [2.45, 2.75) is 39.0 Å². The van der Waals surface area contributed by atoms with E-state index in [9.17, 15) is 4.79 Å². The predicted molar refractivity (Wildman–Crippen MR) is 64.1 cm³/mol. The molecule has 86 valence electrons. The average molecular weight is 217 g/mol. The summed E-state index contributed by atoms with van der Waals surface area (Å²) in [6.45, 7) is 2.26. The molecule has 1 aliphatic rings. The number of aryl methyl sites for hydroxylation is 1. The molecule has 1 aliphatic carbocycles. The Kier molecular flexibility index (Phi) is 3.70. The first-order chi connectivity index (χ1) is 7.75. The van der Waals surface area contributed by atoms with E-state index >= 15 is 0 Å². The lowest BCUT2D eigenvalue weighted by molar-refractivity contribution is -0.125. The van der Waals surface area contributed by atoms with Gasteiger partial charge in [0.15, 0.2) is 0 Å². The van der Waals surface area contributed by atoms with E-state index in [4.69, 9.17) is 0 Å². The summed E-state index contributed by atoms with van der Waals surface area (Å²) in [4.78, 5) is 15.7. The molecule has 0 bridgehead atoms. The van der Waals surface area contributed by atoms with Crippen molar-refractivity contribution < 1.29 is 4.79 Å². The number of Topliss-reactive ketones (excluding diaryl/α,β-unsaturated/α-hetero) is 1. The third-order valence-electron chi connectivity index (χ3n) is 3.56. The second kappa shape index (κ2) is 5.24. The van der Waals surface area contributed by atoms with Gasteiger partial charge in [-0.05, 0) is 49.3 Å². The third kappa shape index (κ3) is 2.91. The van der Waals surface area contributed by atoms with Gasteiger partial charge < -0.3 is 0 Å². The minimum absolute atomic E-state index is 0.303. The maximum absolute atomic E-state index is 11.7. The number of aromatic nitrogens is 1. The van der Waals surface area contributed by atoms with Crippen molar-refractivity contribution in [2.75, 3.05) is 0 Å². The fraction of sp³-hybridized carbons (Fsp3) is 0.571. The summed E-state index contributed by atoms with van der Waals surface area (Å²) >= 11 is 0. The molecule has 1 heterocycles. The van der Waals surface area contributed by atoms with Crippen molar-refractivity contribution >= 4 is 5.78 Å². The third-order valence-corrected chi connectivity index (χ3v) is 3.56. The van der Waals surface area contributed by atoms with Gasteiger partial charge in [0.2, 0.25) is 0 Å². The Bertz CT molecular complexity index is 347. The van der Waals surface area contributed by atoms with Gasteiger partial charge in [-0.2, -0.15) is 0 Å². The number of carbonyl (C=O) groups excluding carboxylic acids is 1. The van der Waals surface area contributed by atoms with Crippen molar-refractivity contribution in [3.8, 4) is 0 Å². The largest absolute Gasteiger partial charge is 0.299 e. The van der Waals surface area contributed by atoms with E-state index in [0.717, 1.165) is 38.0 Å². The molecule has 1 aromatic rings. The van der Waals surface area contributed by atoms with Crippen molar-refractivity contribution in [1.29, 1.82) is 0 Å². The molecule has 0 amide bonds. The fourth-order valence-electron chi connectivity index (χ4n) is 2.50. The maximum Gasteiger partial charge on any atom is 0.136 e. The Morgan fingerprint density at radius 1 is 1.38 bits per heavy atom. The summed E-state index contributed by atoms with van der Waals surface area (Å²) in [7, 11) is 0. The lowest BCUT2D eigenvalue weighted by Gasteiger charge is -2.25. The Balaban J connectivity index is 1.87. The van der Waals surface area contributed by atoms with Gasteiger partial charge in [-0.25, -0.2) is 0 Å². The summed E-state index contributed by atoms with van der Waals surface area (Å²) in [5.74, 6) is 1.50. The summed E-state index contributed by atoms with van der Waals surface area (Å²) in [5, 5.41) is 0. The minimum Gasteiger partial charge on any atom is -0.299 e. The average Bonchev–Trinajstić information content (AvgIpc) is 2.32. The molecule has 2 rings (SSSR count). The monoisotopic (exact) mass is 217 g/mol. The molecule has 1 aromatic heterocycles. The van der Waals surface area contributed by atoms with Crippen molar-refractivity contribution in [2.24, 2.45) is 11.8 Å². The second-order valence-corrected chi connectivity index (χ2v) is 4.94. The number of nitrogens with zero attached hydrogens (tertiary/aromatic N) is 1. The molecule has 2 unspecified atom stereocenters. The lowest BCUT2D eigenvalue weighted by atomic mass is 9.79. The van der Waals surface area contributed by atoms with Gasteiger partial charge in [-0.3, -0.25) is 9.78 Å². The number of hydrogen-bond donors (Lipinski definition) is 0. The molecule has 2 nitrogen and oxygen atoms in total. The molecule has 0 aromatic carbocycles. The van der Waals surface area contributed by atoms with E-state index in [1.807, 2.05) is 24.5 Å². The Morgan fingerprint density at radius 2 is 2.12 bits per heavy atom. The van der Waals surface area contributed by atoms with E-state index in [1.165, 1.54) is 5.56 Å². The van der Waals surface area contributed by atoms with Crippen LogP contribution >= 0.6 is 0 Å².